The number of carboxylic acid groups (broad SMARTS) is 1. The number of hydrogen-bond donors (Lipinski definition) is 3. The zero-order chi connectivity index (χ0) is 57.4. The van der Waals surface area contributed by atoms with E-state index in [0.29, 0.717) is 182 Å². The number of carbonyl (C=O) groups is 1. The Morgan fingerprint density at radius 2 is 0.962 bits per heavy atom. The summed E-state index contributed by atoms with van der Waals surface area (Å²) in [4.78, 5) is 13.0. The first-order chi connectivity index (χ1) is 38.0. The summed E-state index contributed by atoms with van der Waals surface area (Å²) < 4.78 is 139. The minimum absolute atomic E-state index is 0.0334. The van der Waals surface area contributed by atoms with Crippen LogP contribution < -0.4 is 4.90 Å². The van der Waals surface area contributed by atoms with E-state index in [9.17, 15) is 35.8 Å². The summed E-state index contributed by atoms with van der Waals surface area (Å²) in [5.41, 5.74) is 2.90. The van der Waals surface area contributed by atoms with Gasteiger partial charge in [0.05, 0.1) is 147 Å². The molecule has 0 fully saturated rings. The molecule has 0 radical (unpaired) electrons. The zero-order valence-electron chi connectivity index (χ0n) is 46.9. The van der Waals surface area contributed by atoms with Gasteiger partial charge >= 0.3 is 5.97 Å². The Labute approximate surface area is 467 Å². The van der Waals surface area contributed by atoms with Gasteiger partial charge in [-0.05, 0) is 88.4 Å². The van der Waals surface area contributed by atoms with Gasteiger partial charge in [-0.2, -0.15) is 21.4 Å². The quantitative estimate of drug-likeness (QED) is 0.0410. The number of allylic oxidation sites excluding steroid dienone is 4. The Kier molecular flexibility index (Phi) is 31.4. The van der Waals surface area contributed by atoms with Crippen LogP contribution >= 0.6 is 0 Å². The third-order valence-corrected chi connectivity index (χ3v) is 15.1. The second-order valence-corrected chi connectivity index (χ2v) is 21.8. The van der Waals surface area contributed by atoms with Crippen molar-refractivity contribution in [2.45, 2.75) is 79.9 Å². The molecule has 3 N–H and O–H groups in total. The summed E-state index contributed by atoms with van der Waals surface area (Å²) in [7, 11) is -5.89. The minimum Gasteiger partial charge on any atom is -0.481 e. The Morgan fingerprint density at radius 1 is 0.557 bits per heavy atom. The van der Waals surface area contributed by atoms with E-state index < -0.39 is 37.0 Å². The summed E-state index contributed by atoms with van der Waals surface area (Å²) in [6, 6.07) is 9.17. The fourth-order valence-electron chi connectivity index (χ4n) is 9.25. The van der Waals surface area contributed by atoms with Gasteiger partial charge in [0, 0.05) is 81.3 Å². The van der Waals surface area contributed by atoms with Crippen LogP contribution in [0.15, 0.2) is 70.1 Å². The van der Waals surface area contributed by atoms with E-state index in [0.717, 1.165) is 22.8 Å². The number of carboxylic acids is 1. The summed E-state index contributed by atoms with van der Waals surface area (Å²) in [6.45, 7) is 16.0. The smallest absolute Gasteiger partial charge is 0.303 e. The van der Waals surface area contributed by atoms with E-state index in [4.69, 9.17) is 56.8 Å². The lowest BCUT2D eigenvalue weighted by atomic mass is 9.76. The van der Waals surface area contributed by atoms with Crippen molar-refractivity contribution in [3.05, 3.63) is 71.5 Å². The average molecular weight is 1160 g/mol. The highest BCUT2D eigenvalue weighted by molar-refractivity contribution is 7.86. The first-order valence-corrected chi connectivity index (χ1v) is 29.9. The number of hydrogen-bond acceptors (Lipinski definition) is 18. The number of rotatable bonds is 47. The van der Waals surface area contributed by atoms with Gasteiger partial charge in [-0.1, -0.05) is 6.08 Å². The van der Waals surface area contributed by atoms with Crippen molar-refractivity contribution in [1.29, 1.82) is 0 Å². The molecule has 0 saturated carbocycles. The Morgan fingerprint density at radius 3 is 1.38 bits per heavy atom. The molecular formula is C55H87N2O20S2+. The first kappa shape index (κ1) is 67.7. The molecule has 79 heavy (non-hydrogen) atoms. The van der Waals surface area contributed by atoms with Crippen molar-refractivity contribution in [3.63, 3.8) is 0 Å². The van der Waals surface area contributed by atoms with Gasteiger partial charge in [0.2, 0.25) is 5.69 Å². The summed E-state index contributed by atoms with van der Waals surface area (Å²) in [5, 5.41) is 9.33. The molecule has 0 bridgehead atoms. The van der Waals surface area contributed by atoms with Crippen molar-refractivity contribution in [2.24, 2.45) is 0 Å². The third-order valence-electron chi connectivity index (χ3n) is 13.4. The summed E-state index contributed by atoms with van der Waals surface area (Å²) in [5.74, 6) is -0.875. The predicted octanol–water partition coefficient (Wildman–Crippen LogP) is 5.66. The van der Waals surface area contributed by atoms with Gasteiger partial charge in [0.1, 0.15) is 6.54 Å². The Hall–Kier alpha value is -3.80. The van der Waals surface area contributed by atoms with Gasteiger partial charge in [0.15, 0.2) is 5.71 Å². The van der Waals surface area contributed by atoms with E-state index in [1.165, 1.54) is 24.3 Å². The molecule has 4 rings (SSSR count). The van der Waals surface area contributed by atoms with Gasteiger partial charge in [0.25, 0.3) is 20.2 Å². The largest absolute Gasteiger partial charge is 0.481 e. The van der Waals surface area contributed by atoms with Crippen LogP contribution in [0.5, 0.6) is 0 Å². The number of benzene rings is 2. The van der Waals surface area contributed by atoms with Gasteiger partial charge in [-0.15, -0.1) is 0 Å². The standard InChI is InChI=1S/C55H86N2O20S2/c1-6-56-49-16-14-45(78(60,61)62)43-47(49)54(2,18-21-68-27-29-72-35-37-76-41-39-74-33-31-70-25-23-66-4)51(56)11-10-12-52-55(3,19-22-69-28-30-73-36-38-77-42-40-75-34-32-71-26-24-67-5)48-44-46(79(63,64)65)15-17-50(48)57(52)20-9-7-8-13-53(58)59/h10-12,14-17,43-44H,6-9,13,18-42H2,1-5H3,(H2-,58,59,60,61,62,63,64,65)/p+1. The van der Waals surface area contributed by atoms with Crippen molar-refractivity contribution in [1.82, 2.24) is 0 Å². The number of nitrogens with zero attached hydrogens (tertiary/aromatic N) is 2. The molecule has 0 amide bonds. The van der Waals surface area contributed by atoms with Crippen molar-refractivity contribution in [2.75, 3.05) is 178 Å². The van der Waals surface area contributed by atoms with Gasteiger partial charge < -0.3 is 66.8 Å². The molecule has 22 nitrogen and oxygen atoms in total. The molecule has 0 aliphatic carbocycles. The predicted molar refractivity (Wildman–Crippen MR) is 295 cm³/mol. The minimum atomic E-state index is -4.58. The Balaban J connectivity index is 1.50. The molecule has 2 aromatic carbocycles. The van der Waals surface area contributed by atoms with Crippen molar-refractivity contribution >= 4 is 43.3 Å². The number of ether oxygens (including phenoxy) is 12. The second-order valence-electron chi connectivity index (χ2n) is 19.0. The van der Waals surface area contributed by atoms with Crippen LogP contribution in [0.4, 0.5) is 11.4 Å². The fraction of sp³-hybridized carbons (Fsp3) is 0.673. The van der Waals surface area contributed by atoms with E-state index in [-0.39, 0.29) is 36.0 Å². The molecule has 2 unspecified atom stereocenters. The number of anilines is 1. The highest BCUT2D eigenvalue weighted by Gasteiger charge is 2.48. The monoisotopic (exact) mass is 1160 g/mol. The van der Waals surface area contributed by atoms with Crippen LogP contribution in [0.2, 0.25) is 0 Å². The molecular weight excluding hydrogens is 1070 g/mol. The number of unbranched alkanes of at least 4 members (excludes halogenated alkanes) is 2. The Bertz CT molecular complexity index is 2440. The lowest BCUT2D eigenvalue weighted by Gasteiger charge is -2.30. The molecule has 2 aliphatic rings. The van der Waals surface area contributed by atoms with Crippen molar-refractivity contribution in [3.8, 4) is 0 Å². The van der Waals surface area contributed by atoms with Crippen LogP contribution in [-0.4, -0.2) is 220 Å². The van der Waals surface area contributed by atoms with Crippen LogP contribution in [0.3, 0.4) is 0 Å². The van der Waals surface area contributed by atoms with Crippen LogP contribution in [0.1, 0.15) is 70.4 Å². The normalized spacial score (nSPS) is 18.0. The van der Waals surface area contributed by atoms with E-state index in [1.54, 1.807) is 26.4 Å². The van der Waals surface area contributed by atoms with Crippen molar-refractivity contribution < 1.29 is 97.3 Å². The zero-order valence-corrected chi connectivity index (χ0v) is 48.5. The SMILES string of the molecule is CCN1/C(=C/C=C/C2=[N+](CCCCCC(=O)O)c3ccc(S(=O)(=O)O)cc3C2(C)CCOCCOCCOCCOCCOCCOC)C(C)(CCOCCOCCOCCOCCOCCOC)c2cc(S(=O)(=O)O)ccc21. The molecule has 2 aliphatic heterocycles. The third kappa shape index (κ3) is 22.8. The molecule has 2 atom stereocenters. The topological polar surface area (TPSA) is 263 Å². The van der Waals surface area contributed by atoms with Gasteiger partial charge in [-0.25, -0.2) is 0 Å². The summed E-state index contributed by atoms with van der Waals surface area (Å²) >= 11 is 0. The molecule has 0 spiro atoms. The summed E-state index contributed by atoms with van der Waals surface area (Å²) in [6.07, 6.45) is 8.50. The maximum absolute atomic E-state index is 12.6. The lowest BCUT2D eigenvalue weighted by Crippen LogP contribution is -2.33. The first-order valence-electron chi connectivity index (χ1n) is 27.0. The molecule has 448 valence electrons. The highest BCUT2D eigenvalue weighted by atomic mass is 32.2. The molecule has 24 heteroatoms. The highest BCUT2D eigenvalue weighted by Crippen LogP contribution is 2.51. The number of likely N-dealkylation sites (N-methyl/N-ethyl adjacent to an activating group) is 1. The maximum atomic E-state index is 12.6. The maximum Gasteiger partial charge on any atom is 0.303 e. The van der Waals surface area contributed by atoms with E-state index >= 15 is 0 Å². The lowest BCUT2D eigenvalue weighted by molar-refractivity contribution is -0.438. The average Bonchev–Trinajstić information content (AvgIpc) is 4.07. The van der Waals surface area contributed by atoms with E-state index in [2.05, 4.69) is 9.48 Å². The number of fused-ring (bicyclic) bond motifs is 2. The molecule has 0 aromatic heterocycles. The molecule has 2 heterocycles. The van der Waals surface area contributed by atoms with E-state index in [1.807, 2.05) is 39.0 Å². The number of methoxy groups -OCH3 is 2. The molecule has 2 aromatic rings. The van der Waals surface area contributed by atoms with Crippen LogP contribution in [0.25, 0.3) is 0 Å². The van der Waals surface area contributed by atoms with Crippen LogP contribution in [-0.2, 0) is 92.7 Å². The number of aliphatic carboxylic acids is 1. The second kappa shape index (κ2) is 36.6. The molecule has 0 saturated heterocycles. The van der Waals surface area contributed by atoms with Gasteiger partial charge in [-0.3, -0.25) is 13.9 Å². The van der Waals surface area contributed by atoms with Crippen LogP contribution in [0, 0.1) is 0 Å². The fourth-order valence-corrected chi connectivity index (χ4v) is 10.3.